The lowest BCUT2D eigenvalue weighted by Gasteiger charge is -2.52. The van der Waals surface area contributed by atoms with Gasteiger partial charge in [0.2, 0.25) is 5.91 Å². The minimum atomic E-state index is -0.353. The van der Waals surface area contributed by atoms with Crippen molar-refractivity contribution in [2.75, 3.05) is 13.1 Å². The number of carbonyl (C=O) groups excluding carboxylic acids is 2. The van der Waals surface area contributed by atoms with Crippen LogP contribution in [0.3, 0.4) is 0 Å². The monoisotopic (exact) mass is 343 g/mol. The SMILES string of the molecule is CCCC1C(=O)N2CCc3c(C)cccc3C2C(C)N1C(=O)NCC. The Morgan fingerprint density at radius 2 is 2.08 bits per heavy atom. The van der Waals surface area contributed by atoms with E-state index in [1.807, 2.05) is 11.8 Å². The van der Waals surface area contributed by atoms with Gasteiger partial charge in [-0.1, -0.05) is 31.5 Å². The number of carbonyl (C=O) groups is 2. The zero-order valence-corrected chi connectivity index (χ0v) is 15.7. The average Bonchev–Trinajstić information content (AvgIpc) is 2.59. The zero-order chi connectivity index (χ0) is 18.1. The van der Waals surface area contributed by atoms with Crippen molar-refractivity contribution < 1.29 is 9.59 Å². The second-order valence-corrected chi connectivity index (χ2v) is 7.16. The molecule has 3 amide bonds. The summed E-state index contributed by atoms with van der Waals surface area (Å²) in [6, 6.07) is 5.75. The molecular weight excluding hydrogens is 314 g/mol. The summed E-state index contributed by atoms with van der Waals surface area (Å²) in [6.45, 7) is 9.50. The molecule has 5 nitrogen and oxygen atoms in total. The van der Waals surface area contributed by atoms with Crippen molar-refractivity contribution in [3.63, 3.8) is 0 Å². The van der Waals surface area contributed by atoms with Crippen LogP contribution < -0.4 is 5.32 Å². The molecule has 2 heterocycles. The first-order valence-corrected chi connectivity index (χ1v) is 9.46. The molecule has 3 atom stereocenters. The average molecular weight is 343 g/mol. The maximum absolute atomic E-state index is 13.2. The van der Waals surface area contributed by atoms with Crippen LogP contribution in [-0.2, 0) is 11.2 Å². The van der Waals surface area contributed by atoms with Gasteiger partial charge in [-0.3, -0.25) is 4.79 Å². The normalized spacial score (nSPS) is 25.4. The third kappa shape index (κ3) is 2.90. The Bertz CT molecular complexity index is 673. The van der Waals surface area contributed by atoms with E-state index in [2.05, 4.69) is 44.3 Å². The molecule has 2 aliphatic heterocycles. The highest BCUT2D eigenvalue weighted by molar-refractivity contribution is 5.89. The molecule has 0 aliphatic carbocycles. The predicted octanol–water partition coefficient (Wildman–Crippen LogP) is 3.02. The van der Waals surface area contributed by atoms with Crippen molar-refractivity contribution in [1.29, 1.82) is 0 Å². The van der Waals surface area contributed by atoms with Crippen LogP contribution in [0.4, 0.5) is 4.79 Å². The first-order valence-electron chi connectivity index (χ1n) is 9.46. The maximum atomic E-state index is 13.2. The van der Waals surface area contributed by atoms with Gasteiger partial charge in [-0.05, 0) is 50.3 Å². The van der Waals surface area contributed by atoms with Gasteiger partial charge >= 0.3 is 6.03 Å². The summed E-state index contributed by atoms with van der Waals surface area (Å²) in [7, 11) is 0. The topological polar surface area (TPSA) is 52.7 Å². The lowest BCUT2D eigenvalue weighted by molar-refractivity contribution is -0.148. The lowest BCUT2D eigenvalue weighted by Crippen LogP contribution is -2.66. The summed E-state index contributed by atoms with van der Waals surface area (Å²) in [5, 5.41) is 2.90. The molecule has 0 saturated carbocycles. The van der Waals surface area contributed by atoms with Gasteiger partial charge in [0, 0.05) is 13.1 Å². The summed E-state index contributed by atoms with van der Waals surface area (Å²) in [6.07, 6.45) is 2.49. The van der Waals surface area contributed by atoms with Gasteiger partial charge in [0.05, 0.1) is 12.1 Å². The van der Waals surface area contributed by atoms with Crippen molar-refractivity contribution in [2.45, 2.75) is 65.1 Å². The number of urea groups is 1. The van der Waals surface area contributed by atoms with Gasteiger partial charge in [-0.15, -0.1) is 0 Å². The third-order valence-electron chi connectivity index (χ3n) is 5.63. The minimum absolute atomic E-state index is 0.0401. The smallest absolute Gasteiger partial charge is 0.318 e. The number of nitrogens with one attached hydrogen (secondary N) is 1. The largest absolute Gasteiger partial charge is 0.338 e. The van der Waals surface area contributed by atoms with E-state index in [4.69, 9.17) is 0 Å². The molecule has 25 heavy (non-hydrogen) atoms. The van der Waals surface area contributed by atoms with Crippen LogP contribution in [0, 0.1) is 6.92 Å². The Morgan fingerprint density at radius 3 is 2.76 bits per heavy atom. The van der Waals surface area contributed by atoms with E-state index in [9.17, 15) is 9.59 Å². The Labute approximate surface area is 150 Å². The first-order chi connectivity index (χ1) is 12.0. The highest BCUT2D eigenvalue weighted by Gasteiger charge is 2.48. The minimum Gasteiger partial charge on any atom is -0.338 e. The summed E-state index contributed by atoms with van der Waals surface area (Å²) in [5.74, 6) is 0.100. The lowest BCUT2D eigenvalue weighted by atomic mass is 9.82. The fourth-order valence-corrected chi connectivity index (χ4v) is 4.50. The van der Waals surface area contributed by atoms with Crippen LogP contribution in [-0.4, -0.2) is 46.9 Å². The Balaban J connectivity index is 2.04. The Kier molecular flexibility index (Phi) is 5.02. The molecule has 5 heteroatoms. The first kappa shape index (κ1) is 17.8. The molecule has 0 bridgehead atoms. The van der Waals surface area contributed by atoms with Crippen LogP contribution >= 0.6 is 0 Å². The standard InChI is InChI=1S/C20H29N3O2/c1-5-8-17-19(24)22-12-11-15-13(3)9-7-10-16(15)18(22)14(4)23(17)20(25)21-6-2/h7,9-10,14,17-18H,5-6,8,11-12H2,1-4H3,(H,21,25). The van der Waals surface area contributed by atoms with Gasteiger partial charge in [-0.25, -0.2) is 4.79 Å². The van der Waals surface area contributed by atoms with Crippen molar-refractivity contribution in [3.05, 3.63) is 34.9 Å². The van der Waals surface area contributed by atoms with Gasteiger partial charge in [0.25, 0.3) is 0 Å². The number of hydrogen-bond acceptors (Lipinski definition) is 2. The van der Waals surface area contributed by atoms with E-state index in [-0.39, 0.29) is 30.1 Å². The van der Waals surface area contributed by atoms with Gasteiger partial charge in [0.1, 0.15) is 6.04 Å². The Morgan fingerprint density at radius 1 is 1.32 bits per heavy atom. The quantitative estimate of drug-likeness (QED) is 0.917. The summed E-state index contributed by atoms with van der Waals surface area (Å²) >= 11 is 0. The van der Waals surface area contributed by atoms with E-state index in [1.165, 1.54) is 16.7 Å². The van der Waals surface area contributed by atoms with E-state index in [1.54, 1.807) is 4.90 Å². The van der Waals surface area contributed by atoms with E-state index in [0.29, 0.717) is 13.0 Å². The molecule has 3 rings (SSSR count). The van der Waals surface area contributed by atoms with E-state index < -0.39 is 0 Å². The fraction of sp³-hybridized carbons (Fsp3) is 0.600. The fourth-order valence-electron chi connectivity index (χ4n) is 4.50. The zero-order valence-electron chi connectivity index (χ0n) is 15.7. The number of piperazine rings is 1. The molecule has 0 radical (unpaired) electrons. The van der Waals surface area contributed by atoms with Crippen LogP contribution in [0.1, 0.15) is 56.3 Å². The number of nitrogens with zero attached hydrogens (tertiary/aromatic N) is 2. The number of hydrogen-bond donors (Lipinski definition) is 1. The highest BCUT2D eigenvalue weighted by atomic mass is 16.2. The molecule has 0 spiro atoms. The van der Waals surface area contributed by atoms with Crippen molar-refractivity contribution in [3.8, 4) is 0 Å². The molecular formula is C20H29N3O2. The second kappa shape index (κ2) is 7.06. The molecule has 1 aromatic carbocycles. The van der Waals surface area contributed by atoms with Crippen molar-refractivity contribution >= 4 is 11.9 Å². The van der Waals surface area contributed by atoms with Crippen LogP contribution in [0.25, 0.3) is 0 Å². The van der Waals surface area contributed by atoms with Crippen molar-refractivity contribution in [2.24, 2.45) is 0 Å². The van der Waals surface area contributed by atoms with Gasteiger partial charge in [0.15, 0.2) is 0 Å². The summed E-state index contributed by atoms with van der Waals surface area (Å²) < 4.78 is 0. The highest BCUT2D eigenvalue weighted by Crippen LogP contribution is 2.40. The number of rotatable bonds is 3. The predicted molar refractivity (Wildman–Crippen MR) is 98.4 cm³/mol. The molecule has 0 aromatic heterocycles. The molecule has 1 N–H and O–H groups in total. The molecule has 2 aliphatic rings. The maximum Gasteiger partial charge on any atom is 0.318 e. The Hall–Kier alpha value is -2.04. The number of benzene rings is 1. The molecule has 1 aromatic rings. The van der Waals surface area contributed by atoms with Crippen LogP contribution in [0.15, 0.2) is 18.2 Å². The second-order valence-electron chi connectivity index (χ2n) is 7.16. The van der Waals surface area contributed by atoms with E-state index in [0.717, 1.165) is 19.4 Å². The summed E-state index contributed by atoms with van der Waals surface area (Å²) in [5.41, 5.74) is 3.82. The third-order valence-corrected chi connectivity index (χ3v) is 5.63. The van der Waals surface area contributed by atoms with Crippen LogP contribution in [0.2, 0.25) is 0 Å². The van der Waals surface area contributed by atoms with Gasteiger partial charge in [-0.2, -0.15) is 0 Å². The molecule has 1 saturated heterocycles. The van der Waals surface area contributed by atoms with Gasteiger partial charge < -0.3 is 15.1 Å². The number of amides is 3. The van der Waals surface area contributed by atoms with Crippen molar-refractivity contribution in [1.82, 2.24) is 15.1 Å². The molecule has 3 unspecified atom stereocenters. The molecule has 1 fully saturated rings. The van der Waals surface area contributed by atoms with Crippen LogP contribution in [0.5, 0.6) is 0 Å². The summed E-state index contributed by atoms with van der Waals surface area (Å²) in [4.78, 5) is 29.8. The molecule has 136 valence electrons. The number of fused-ring (bicyclic) bond motifs is 3. The van der Waals surface area contributed by atoms with E-state index >= 15 is 0 Å². The number of aryl methyl sites for hydroxylation is 1.